The van der Waals surface area contributed by atoms with Crippen LogP contribution in [0.25, 0.3) is 0 Å². The van der Waals surface area contributed by atoms with Crippen LogP contribution in [0.2, 0.25) is 0 Å². The molecule has 3 atom stereocenters. The summed E-state index contributed by atoms with van der Waals surface area (Å²) >= 11 is 0. The lowest BCUT2D eigenvalue weighted by molar-refractivity contribution is 0.295. The lowest BCUT2D eigenvalue weighted by Crippen LogP contribution is -2.33. The third-order valence-electron chi connectivity index (χ3n) is 3.18. The van der Waals surface area contributed by atoms with Crippen molar-refractivity contribution in [1.29, 1.82) is 0 Å². The van der Waals surface area contributed by atoms with E-state index < -0.39 is 0 Å². The first-order valence-electron chi connectivity index (χ1n) is 5.57. The first-order chi connectivity index (χ1) is 5.86. The standard InChI is InChI=1S/C9H17N.C2H6/c1-7-4-8-2-3-10-6-9(8)5-7;1-2/h7-10H,2-6H2,1H3;1-2H3. The average molecular weight is 169 g/mol. The third kappa shape index (κ3) is 2.22. The van der Waals surface area contributed by atoms with Gasteiger partial charge in [0.1, 0.15) is 0 Å². The molecule has 1 saturated heterocycles. The fourth-order valence-corrected chi connectivity index (χ4v) is 2.69. The minimum atomic E-state index is 1.01. The molecule has 0 aromatic carbocycles. The predicted octanol–water partition coefficient (Wildman–Crippen LogP) is 2.67. The van der Waals surface area contributed by atoms with Gasteiger partial charge >= 0.3 is 0 Å². The zero-order valence-electron chi connectivity index (χ0n) is 8.77. The van der Waals surface area contributed by atoms with Gasteiger partial charge in [-0.1, -0.05) is 20.8 Å². The van der Waals surface area contributed by atoms with Crippen LogP contribution in [-0.4, -0.2) is 13.1 Å². The minimum Gasteiger partial charge on any atom is -0.316 e. The molecule has 72 valence electrons. The molecule has 0 aromatic rings. The van der Waals surface area contributed by atoms with Crippen LogP contribution in [0.4, 0.5) is 0 Å². The van der Waals surface area contributed by atoms with Crippen molar-refractivity contribution in [3.63, 3.8) is 0 Å². The van der Waals surface area contributed by atoms with Crippen LogP contribution in [0.3, 0.4) is 0 Å². The maximum atomic E-state index is 3.48. The molecule has 0 spiro atoms. The molecule has 1 saturated carbocycles. The van der Waals surface area contributed by atoms with E-state index in [-0.39, 0.29) is 0 Å². The molecule has 12 heavy (non-hydrogen) atoms. The van der Waals surface area contributed by atoms with Crippen LogP contribution in [0.5, 0.6) is 0 Å². The summed E-state index contributed by atoms with van der Waals surface area (Å²) < 4.78 is 0. The fraction of sp³-hybridized carbons (Fsp3) is 1.00. The summed E-state index contributed by atoms with van der Waals surface area (Å²) in [5, 5.41) is 3.48. The Balaban J connectivity index is 0.000000336. The topological polar surface area (TPSA) is 12.0 Å². The second-order valence-electron chi connectivity index (χ2n) is 4.09. The molecule has 1 heterocycles. The second kappa shape index (κ2) is 4.86. The van der Waals surface area contributed by atoms with Gasteiger partial charge in [0.05, 0.1) is 0 Å². The van der Waals surface area contributed by atoms with Crippen molar-refractivity contribution in [1.82, 2.24) is 5.32 Å². The van der Waals surface area contributed by atoms with Gasteiger partial charge in [0.25, 0.3) is 0 Å². The summed E-state index contributed by atoms with van der Waals surface area (Å²) in [7, 11) is 0. The molecule has 1 aliphatic carbocycles. The van der Waals surface area contributed by atoms with Gasteiger partial charge in [0, 0.05) is 0 Å². The lowest BCUT2D eigenvalue weighted by Gasteiger charge is -2.25. The summed E-state index contributed by atoms with van der Waals surface area (Å²) in [6, 6.07) is 0. The molecule has 3 unspecified atom stereocenters. The van der Waals surface area contributed by atoms with Crippen molar-refractivity contribution in [2.24, 2.45) is 17.8 Å². The SMILES string of the molecule is CC.CC1CC2CCNCC2C1. The molecule has 2 rings (SSSR count). The van der Waals surface area contributed by atoms with Crippen LogP contribution in [-0.2, 0) is 0 Å². The molecule has 0 bridgehead atoms. The van der Waals surface area contributed by atoms with Crippen LogP contribution < -0.4 is 5.32 Å². The van der Waals surface area contributed by atoms with Gasteiger partial charge in [-0.15, -0.1) is 0 Å². The second-order valence-corrected chi connectivity index (χ2v) is 4.09. The quantitative estimate of drug-likeness (QED) is 0.588. The highest BCUT2D eigenvalue weighted by Crippen LogP contribution is 2.38. The van der Waals surface area contributed by atoms with Gasteiger partial charge in [-0.25, -0.2) is 0 Å². The van der Waals surface area contributed by atoms with Crippen molar-refractivity contribution in [2.75, 3.05) is 13.1 Å². The molecule has 0 amide bonds. The van der Waals surface area contributed by atoms with Gasteiger partial charge < -0.3 is 5.32 Å². The van der Waals surface area contributed by atoms with E-state index in [0.717, 1.165) is 17.8 Å². The monoisotopic (exact) mass is 169 g/mol. The summed E-state index contributed by atoms with van der Waals surface area (Å²) in [5.74, 6) is 3.12. The first kappa shape index (κ1) is 10.0. The van der Waals surface area contributed by atoms with E-state index in [1.54, 1.807) is 0 Å². The van der Waals surface area contributed by atoms with Crippen molar-refractivity contribution >= 4 is 0 Å². The molecule has 1 nitrogen and oxygen atoms in total. The highest BCUT2D eigenvalue weighted by molar-refractivity contribution is 4.86. The van der Waals surface area contributed by atoms with Gasteiger partial charge in [-0.2, -0.15) is 0 Å². The number of rotatable bonds is 0. The van der Waals surface area contributed by atoms with Gasteiger partial charge in [0.15, 0.2) is 0 Å². The summed E-state index contributed by atoms with van der Waals surface area (Å²) in [6.45, 7) is 8.97. The Morgan fingerprint density at radius 3 is 2.42 bits per heavy atom. The van der Waals surface area contributed by atoms with E-state index in [1.807, 2.05) is 13.8 Å². The minimum absolute atomic E-state index is 1.01. The lowest BCUT2D eigenvalue weighted by atomic mass is 9.90. The zero-order chi connectivity index (χ0) is 8.97. The average Bonchev–Trinajstić information content (AvgIpc) is 2.48. The fourth-order valence-electron chi connectivity index (χ4n) is 2.69. The Morgan fingerprint density at radius 1 is 1.08 bits per heavy atom. The van der Waals surface area contributed by atoms with Gasteiger partial charge in [-0.3, -0.25) is 0 Å². The molecule has 0 radical (unpaired) electrons. The van der Waals surface area contributed by atoms with Crippen LogP contribution in [0.15, 0.2) is 0 Å². The van der Waals surface area contributed by atoms with Crippen molar-refractivity contribution in [3.8, 4) is 0 Å². The Hall–Kier alpha value is -0.0400. The first-order valence-corrected chi connectivity index (χ1v) is 5.57. The van der Waals surface area contributed by atoms with E-state index in [9.17, 15) is 0 Å². The molecule has 0 aromatic heterocycles. The van der Waals surface area contributed by atoms with Crippen LogP contribution in [0, 0.1) is 17.8 Å². The number of piperidine rings is 1. The predicted molar refractivity (Wildman–Crippen MR) is 54.2 cm³/mol. The number of nitrogens with one attached hydrogen (secondary N) is 1. The number of fused-ring (bicyclic) bond motifs is 1. The summed E-state index contributed by atoms with van der Waals surface area (Å²) in [6.07, 6.45) is 4.43. The maximum Gasteiger partial charge on any atom is -0.00178 e. The molecule has 2 aliphatic rings. The molecular weight excluding hydrogens is 146 g/mol. The van der Waals surface area contributed by atoms with E-state index in [0.29, 0.717) is 0 Å². The van der Waals surface area contributed by atoms with Gasteiger partial charge in [-0.05, 0) is 50.1 Å². The Bertz CT molecular complexity index is 108. The zero-order valence-corrected chi connectivity index (χ0v) is 8.77. The molecule has 2 fully saturated rings. The van der Waals surface area contributed by atoms with E-state index in [1.165, 1.54) is 32.4 Å². The van der Waals surface area contributed by atoms with Crippen molar-refractivity contribution in [3.05, 3.63) is 0 Å². The summed E-state index contributed by atoms with van der Waals surface area (Å²) in [4.78, 5) is 0. The van der Waals surface area contributed by atoms with Gasteiger partial charge in [0.2, 0.25) is 0 Å². The normalized spacial score (nSPS) is 39.8. The largest absolute Gasteiger partial charge is 0.316 e. The molecule has 1 heteroatoms. The smallest absolute Gasteiger partial charge is 0.00178 e. The number of hydrogen-bond acceptors (Lipinski definition) is 1. The van der Waals surface area contributed by atoms with Crippen LogP contribution >= 0.6 is 0 Å². The Labute approximate surface area is 76.9 Å². The highest BCUT2D eigenvalue weighted by atomic mass is 14.9. The van der Waals surface area contributed by atoms with E-state index >= 15 is 0 Å². The molecule has 1 aliphatic heterocycles. The highest BCUT2D eigenvalue weighted by Gasteiger charge is 2.33. The van der Waals surface area contributed by atoms with E-state index in [2.05, 4.69) is 12.2 Å². The summed E-state index contributed by atoms with van der Waals surface area (Å²) in [5.41, 5.74) is 0. The van der Waals surface area contributed by atoms with Crippen LogP contribution in [0.1, 0.15) is 40.0 Å². The maximum absolute atomic E-state index is 3.48. The Morgan fingerprint density at radius 2 is 1.75 bits per heavy atom. The Kier molecular flexibility index (Phi) is 4.07. The third-order valence-corrected chi connectivity index (χ3v) is 3.18. The van der Waals surface area contributed by atoms with E-state index in [4.69, 9.17) is 0 Å². The van der Waals surface area contributed by atoms with Crippen molar-refractivity contribution in [2.45, 2.75) is 40.0 Å². The number of hydrogen-bond donors (Lipinski definition) is 1. The molecular formula is C11H23N. The van der Waals surface area contributed by atoms with Crippen molar-refractivity contribution < 1.29 is 0 Å². The molecule has 1 N–H and O–H groups in total.